The molecule has 1 aromatic heterocycles. The Kier molecular flexibility index (Phi) is 7.53. The van der Waals surface area contributed by atoms with E-state index in [2.05, 4.69) is 12.1 Å². The molecule has 2 aliphatic rings. The van der Waals surface area contributed by atoms with Crippen LogP contribution in [0.3, 0.4) is 0 Å². The summed E-state index contributed by atoms with van der Waals surface area (Å²) < 4.78 is 6.88. The van der Waals surface area contributed by atoms with E-state index in [1.807, 2.05) is 14.1 Å². The lowest BCUT2D eigenvalue weighted by Gasteiger charge is -2.15. The van der Waals surface area contributed by atoms with Gasteiger partial charge in [-0.2, -0.15) is 10.5 Å². The average molecular weight is 452 g/mol. The minimum atomic E-state index is -0.541. The van der Waals surface area contributed by atoms with E-state index in [-0.39, 0.29) is 29.1 Å². The van der Waals surface area contributed by atoms with Crippen molar-refractivity contribution >= 4 is 17.8 Å². The highest BCUT2D eigenvalue weighted by molar-refractivity contribution is 6.16. The number of pyridine rings is 1. The van der Waals surface area contributed by atoms with E-state index in [0.29, 0.717) is 22.3 Å². The Morgan fingerprint density at radius 3 is 2.65 bits per heavy atom. The van der Waals surface area contributed by atoms with Crippen molar-refractivity contribution < 1.29 is 18.9 Å². The second kappa shape index (κ2) is 10.7. The second-order valence-electron chi connectivity index (χ2n) is 7.55. The molecule has 0 fully saturated rings. The molecule has 0 saturated heterocycles. The lowest BCUT2D eigenvalue weighted by molar-refractivity contribution is -0.671. The molecule has 0 amide bonds. The number of nitriles is 2. The van der Waals surface area contributed by atoms with E-state index in [9.17, 15) is 20.1 Å². The largest absolute Gasteiger partial charge is 0.462 e. The van der Waals surface area contributed by atoms with Crippen molar-refractivity contribution in [3.63, 3.8) is 0 Å². The molecule has 0 bridgehead atoms. The predicted molar refractivity (Wildman–Crippen MR) is 126 cm³/mol. The summed E-state index contributed by atoms with van der Waals surface area (Å²) >= 11 is 0. The van der Waals surface area contributed by atoms with E-state index in [0.717, 1.165) is 0 Å². The number of hydrogen-bond acceptors (Lipinski definition) is 6. The van der Waals surface area contributed by atoms with Gasteiger partial charge in [-0.05, 0) is 30.7 Å². The van der Waals surface area contributed by atoms with Gasteiger partial charge in [-0.1, -0.05) is 24.3 Å². The third kappa shape index (κ3) is 5.53. The minimum Gasteiger partial charge on any atom is -0.462 e. The average Bonchev–Trinajstić information content (AvgIpc) is 2.83. The molecule has 0 saturated carbocycles. The number of Topliss-reactive ketones (excluding diaryl/α,β-unsaturated/α-hetero) is 1. The van der Waals surface area contributed by atoms with Crippen LogP contribution in [0.25, 0.3) is 6.08 Å². The SMILES string of the molecule is CCOC(=O)C1=CC(=CC=C2C=CN(C)C=C2C#N)C(=O)C(C=Cc2cc[n+](C)cc2C#N)=C1. The van der Waals surface area contributed by atoms with Gasteiger partial charge >= 0.3 is 5.97 Å². The third-order valence-corrected chi connectivity index (χ3v) is 5.05. The third-order valence-electron chi connectivity index (χ3n) is 5.05. The number of rotatable bonds is 5. The van der Waals surface area contributed by atoms with Crippen LogP contribution in [-0.2, 0) is 21.4 Å². The number of aromatic nitrogens is 1. The van der Waals surface area contributed by atoms with Gasteiger partial charge in [0, 0.05) is 42.2 Å². The van der Waals surface area contributed by atoms with Crippen molar-refractivity contribution in [1.82, 2.24) is 4.90 Å². The maximum absolute atomic E-state index is 13.2. The minimum absolute atomic E-state index is 0.202. The van der Waals surface area contributed by atoms with Crippen LogP contribution >= 0.6 is 0 Å². The molecule has 1 aliphatic carbocycles. The molecule has 3 rings (SSSR count). The summed E-state index contributed by atoms with van der Waals surface area (Å²) in [5.74, 6) is -0.832. The Hall–Kier alpha value is -4.75. The molecule has 1 aromatic rings. The summed E-state index contributed by atoms with van der Waals surface area (Å²) in [6.45, 7) is 1.91. The number of carbonyl (C=O) groups is 2. The summed E-state index contributed by atoms with van der Waals surface area (Å²) in [5, 5.41) is 18.8. The first-order valence-electron chi connectivity index (χ1n) is 10.5. The number of nitrogens with zero attached hydrogens (tertiary/aromatic N) is 4. The van der Waals surface area contributed by atoms with Crippen LogP contribution in [-0.4, -0.2) is 30.3 Å². The highest BCUT2D eigenvalue weighted by Crippen LogP contribution is 2.24. The van der Waals surface area contributed by atoms with Crippen LogP contribution in [0.1, 0.15) is 18.1 Å². The zero-order valence-corrected chi connectivity index (χ0v) is 19.1. The van der Waals surface area contributed by atoms with Gasteiger partial charge < -0.3 is 9.64 Å². The number of carbonyl (C=O) groups excluding carboxylic acids is 2. The lowest BCUT2D eigenvalue weighted by Crippen LogP contribution is -2.27. The summed E-state index contributed by atoms with van der Waals surface area (Å²) in [5.41, 5.74) is 3.00. The van der Waals surface area contributed by atoms with Crippen molar-refractivity contribution in [3.05, 3.63) is 106 Å². The molecule has 7 heteroatoms. The molecular formula is C27H23N4O3+. The van der Waals surface area contributed by atoms with Crippen LogP contribution in [0.4, 0.5) is 0 Å². The van der Waals surface area contributed by atoms with Gasteiger partial charge in [0.1, 0.15) is 24.7 Å². The first-order chi connectivity index (χ1) is 16.4. The quantitative estimate of drug-likeness (QED) is 0.388. The number of allylic oxidation sites excluding steroid dienone is 9. The fourth-order valence-corrected chi connectivity index (χ4v) is 3.31. The molecule has 0 atom stereocenters. The van der Waals surface area contributed by atoms with Gasteiger partial charge in [-0.15, -0.1) is 0 Å². The fraction of sp³-hybridized carbons (Fsp3) is 0.148. The normalized spacial score (nSPS) is 17.9. The Balaban J connectivity index is 2.01. The van der Waals surface area contributed by atoms with Gasteiger partial charge in [0.25, 0.3) is 0 Å². The first kappa shape index (κ1) is 23.9. The van der Waals surface area contributed by atoms with Crippen molar-refractivity contribution in [2.45, 2.75) is 6.92 Å². The zero-order valence-electron chi connectivity index (χ0n) is 19.1. The Bertz CT molecular complexity index is 1340. The Morgan fingerprint density at radius 2 is 1.94 bits per heavy atom. The number of ether oxygens (including phenoxy) is 1. The molecule has 7 nitrogen and oxygen atoms in total. The molecule has 0 N–H and O–H groups in total. The number of aryl methyl sites for hydroxylation is 1. The van der Waals surface area contributed by atoms with Gasteiger partial charge in [-0.3, -0.25) is 4.79 Å². The smallest absolute Gasteiger partial charge is 0.338 e. The molecule has 168 valence electrons. The van der Waals surface area contributed by atoms with E-state index in [1.54, 1.807) is 77.6 Å². The standard InChI is InChI=1S/C27H23N4O3/c1-4-34-27(33)23-13-21(7-5-19-9-11-30(2)17-24(19)15-28)26(32)22(14-23)8-6-20-10-12-31(3)18-25(20)16-29/h5-14,17-18H,4H2,1-3H3/q+1. The van der Waals surface area contributed by atoms with Crippen LogP contribution in [0.2, 0.25) is 0 Å². The first-order valence-corrected chi connectivity index (χ1v) is 10.5. The van der Waals surface area contributed by atoms with Gasteiger partial charge in [0.2, 0.25) is 0 Å². The summed E-state index contributed by atoms with van der Waals surface area (Å²) in [4.78, 5) is 27.4. The highest BCUT2D eigenvalue weighted by atomic mass is 16.5. The van der Waals surface area contributed by atoms with Crippen molar-refractivity contribution in [2.75, 3.05) is 13.7 Å². The van der Waals surface area contributed by atoms with Gasteiger partial charge in [-0.25, -0.2) is 9.36 Å². The van der Waals surface area contributed by atoms with Crippen LogP contribution in [0, 0.1) is 22.7 Å². The van der Waals surface area contributed by atoms with Crippen LogP contribution < -0.4 is 4.57 Å². The Morgan fingerprint density at radius 1 is 1.18 bits per heavy atom. The predicted octanol–water partition coefficient (Wildman–Crippen LogP) is 3.11. The molecule has 0 spiro atoms. The van der Waals surface area contributed by atoms with E-state index >= 15 is 0 Å². The topological polar surface area (TPSA) is 98.1 Å². The molecule has 2 heterocycles. The highest BCUT2D eigenvalue weighted by Gasteiger charge is 2.22. The van der Waals surface area contributed by atoms with Gasteiger partial charge in [0.05, 0.1) is 17.8 Å². The summed E-state index contributed by atoms with van der Waals surface area (Å²) in [6.07, 6.45) is 18.2. The molecule has 0 unspecified atom stereocenters. The summed E-state index contributed by atoms with van der Waals surface area (Å²) in [6, 6.07) is 6.04. The lowest BCUT2D eigenvalue weighted by atomic mass is 9.92. The van der Waals surface area contributed by atoms with Crippen LogP contribution in [0.15, 0.2) is 95.2 Å². The monoisotopic (exact) mass is 451 g/mol. The van der Waals surface area contributed by atoms with Crippen LogP contribution in [0.5, 0.6) is 0 Å². The maximum Gasteiger partial charge on any atom is 0.338 e. The van der Waals surface area contributed by atoms with E-state index in [4.69, 9.17) is 4.74 Å². The number of ketones is 1. The number of hydrogen-bond donors (Lipinski definition) is 0. The van der Waals surface area contributed by atoms with Crippen molar-refractivity contribution in [2.24, 2.45) is 7.05 Å². The molecule has 34 heavy (non-hydrogen) atoms. The summed E-state index contributed by atoms with van der Waals surface area (Å²) in [7, 11) is 3.63. The van der Waals surface area contributed by atoms with E-state index < -0.39 is 5.97 Å². The second-order valence-corrected chi connectivity index (χ2v) is 7.55. The maximum atomic E-state index is 13.2. The fourth-order valence-electron chi connectivity index (χ4n) is 3.31. The van der Waals surface area contributed by atoms with Gasteiger partial charge in [0.15, 0.2) is 18.2 Å². The molecule has 0 aromatic carbocycles. The Labute approximate surface area is 198 Å². The molecule has 0 radical (unpaired) electrons. The molecular weight excluding hydrogens is 428 g/mol. The van der Waals surface area contributed by atoms with Crippen molar-refractivity contribution in [1.29, 1.82) is 10.5 Å². The van der Waals surface area contributed by atoms with E-state index in [1.165, 1.54) is 12.2 Å². The number of esters is 1. The van der Waals surface area contributed by atoms with Crippen molar-refractivity contribution in [3.8, 4) is 12.1 Å². The molecule has 1 aliphatic heterocycles. The zero-order chi connectivity index (χ0) is 24.7.